The lowest BCUT2D eigenvalue weighted by Gasteiger charge is -2.25. The molecule has 2 atom stereocenters. The molecule has 126 valence electrons. The smallest absolute Gasteiger partial charge is 0.255 e. The van der Waals surface area contributed by atoms with Gasteiger partial charge in [-0.25, -0.2) is 0 Å². The first-order valence-electron chi connectivity index (χ1n) is 8.55. The summed E-state index contributed by atoms with van der Waals surface area (Å²) >= 11 is 0. The number of aromatic nitrogens is 1. The third-order valence-corrected chi connectivity index (χ3v) is 4.59. The van der Waals surface area contributed by atoms with Crippen LogP contribution in [0.5, 0.6) is 0 Å². The number of carbonyl (C=O) groups excluding carboxylic acids is 1. The summed E-state index contributed by atoms with van der Waals surface area (Å²) in [5.74, 6) is 0.0140. The van der Waals surface area contributed by atoms with Gasteiger partial charge in [-0.15, -0.1) is 0 Å². The summed E-state index contributed by atoms with van der Waals surface area (Å²) in [5, 5.41) is 9.65. The Morgan fingerprint density at radius 2 is 2.17 bits per heavy atom. The van der Waals surface area contributed by atoms with E-state index in [-0.39, 0.29) is 18.1 Å². The first kappa shape index (κ1) is 16.7. The molecule has 1 aliphatic heterocycles. The summed E-state index contributed by atoms with van der Waals surface area (Å²) in [5.41, 5.74) is 3.82. The molecule has 3 rings (SSSR count). The fourth-order valence-corrected chi connectivity index (χ4v) is 3.45. The maximum absolute atomic E-state index is 12.9. The SMILES string of the molecule is Cc1cccc(-c2cncc(C(=O)N3CCCC3CC(C)O)c2)c1. The van der Waals surface area contributed by atoms with Gasteiger partial charge < -0.3 is 10.0 Å². The van der Waals surface area contributed by atoms with Crippen LogP contribution in [0.4, 0.5) is 0 Å². The molecule has 1 aliphatic rings. The van der Waals surface area contributed by atoms with Crippen LogP contribution < -0.4 is 0 Å². The summed E-state index contributed by atoms with van der Waals surface area (Å²) in [6.45, 7) is 4.59. The van der Waals surface area contributed by atoms with Crippen LogP contribution in [0.1, 0.15) is 42.1 Å². The summed E-state index contributed by atoms with van der Waals surface area (Å²) in [7, 11) is 0. The Labute approximate surface area is 143 Å². The van der Waals surface area contributed by atoms with E-state index in [1.165, 1.54) is 5.56 Å². The second-order valence-electron chi connectivity index (χ2n) is 6.71. The average Bonchev–Trinajstić information content (AvgIpc) is 3.01. The van der Waals surface area contributed by atoms with E-state index < -0.39 is 0 Å². The Kier molecular flexibility index (Phi) is 4.95. The van der Waals surface area contributed by atoms with E-state index >= 15 is 0 Å². The van der Waals surface area contributed by atoms with E-state index in [0.29, 0.717) is 12.0 Å². The van der Waals surface area contributed by atoms with Crippen molar-refractivity contribution in [3.63, 3.8) is 0 Å². The lowest BCUT2D eigenvalue weighted by Crippen LogP contribution is -2.37. The van der Waals surface area contributed by atoms with Crippen molar-refractivity contribution in [3.8, 4) is 11.1 Å². The molecule has 1 amide bonds. The highest BCUT2D eigenvalue weighted by molar-refractivity contribution is 5.95. The highest BCUT2D eigenvalue weighted by atomic mass is 16.3. The van der Waals surface area contributed by atoms with Gasteiger partial charge >= 0.3 is 0 Å². The molecule has 0 bridgehead atoms. The zero-order valence-corrected chi connectivity index (χ0v) is 14.3. The second kappa shape index (κ2) is 7.14. The van der Waals surface area contributed by atoms with Gasteiger partial charge in [0.15, 0.2) is 0 Å². The van der Waals surface area contributed by atoms with Crippen LogP contribution in [0.3, 0.4) is 0 Å². The topological polar surface area (TPSA) is 53.4 Å². The van der Waals surface area contributed by atoms with E-state index in [0.717, 1.165) is 30.5 Å². The number of pyridine rings is 1. The van der Waals surface area contributed by atoms with E-state index in [1.807, 2.05) is 23.1 Å². The van der Waals surface area contributed by atoms with Crippen molar-refractivity contribution in [2.45, 2.75) is 45.3 Å². The molecule has 0 spiro atoms. The summed E-state index contributed by atoms with van der Waals surface area (Å²) < 4.78 is 0. The van der Waals surface area contributed by atoms with Gasteiger partial charge in [0, 0.05) is 30.5 Å². The maximum atomic E-state index is 12.9. The quantitative estimate of drug-likeness (QED) is 0.937. The number of aryl methyl sites for hydroxylation is 1. The van der Waals surface area contributed by atoms with Crippen molar-refractivity contribution < 1.29 is 9.90 Å². The van der Waals surface area contributed by atoms with Crippen molar-refractivity contribution in [1.29, 1.82) is 0 Å². The minimum atomic E-state index is -0.389. The number of nitrogens with zero attached hydrogens (tertiary/aromatic N) is 2. The highest BCUT2D eigenvalue weighted by Crippen LogP contribution is 2.25. The number of carbonyl (C=O) groups is 1. The predicted molar refractivity (Wildman–Crippen MR) is 94.8 cm³/mol. The lowest BCUT2D eigenvalue weighted by molar-refractivity contribution is 0.0681. The van der Waals surface area contributed by atoms with Crippen LogP contribution in [0.2, 0.25) is 0 Å². The van der Waals surface area contributed by atoms with Gasteiger partial charge in [-0.2, -0.15) is 0 Å². The monoisotopic (exact) mass is 324 g/mol. The molecule has 24 heavy (non-hydrogen) atoms. The largest absolute Gasteiger partial charge is 0.393 e. The number of likely N-dealkylation sites (tertiary alicyclic amines) is 1. The third-order valence-electron chi connectivity index (χ3n) is 4.59. The van der Waals surface area contributed by atoms with Gasteiger partial charge in [-0.3, -0.25) is 9.78 Å². The average molecular weight is 324 g/mol. The number of amides is 1. The number of hydrogen-bond acceptors (Lipinski definition) is 3. The number of aliphatic hydroxyl groups is 1. The predicted octanol–water partition coefficient (Wildman–Crippen LogP) is 3.43. The molecule has 4 nitrogen and oxygen atoms in total. The third kappa shape index (κ3) is 3.65. The molecule has 2 unspecified atom stereocenters. The van der Waals surface area contributed by atoms with Gasteiger partial charge in [-0.05, 0) is 44.7 Å². The van der Waals surface area contributed by atoms with Crippen LogP contribution in [0, 0.1) is 6.92 Å². The Morgan fingerprint density at radius 3 is 2.92 bits per heavy atom. The number of aliphatic hydroxyl groups excluding tert-OH is 1. The van der Waals surface area contributed by atoms with Crippen molar-refractivity contribution in [2.24, 2.45) is 0 Å². The number of hydrogen-bond donors (Lipinski definition) is 1. The number of rotatable bonds is 4. The molecule has 0 aliphatic carbocycles. The zero-order valence-electron chi connectivity index (χ0n) is 14.3. The Bertz CT molecular complexity index is 727. The van der Waals surface area contributed by atoms with Crippen LogP contribution in [-0.2, 0) is 0 Å². The Hall–Kier alpha value is -2.20. The molecule has 2 aromatic rings. The molecule has 0 radical (unpaired) electrons. The van der Waals surface area contributed by atoms with E-state index in [2.05, 4.69) is 24.0 Å². The molecule has 4 heteroatoms. The molecular formula is C20H24N2O2. The lowest BCUT2D eigenvalue weighted by atomic mass is 10.0. The molecular weight excluding hydrogens is 300 g/mol. The summed E-state index contributed by atoms with van der Waals surface area (Å²) in [6.07, 6.45) is 5.63. The molecule has 1 saturated heterocycles. The van der Waals surface area contributed by atoms with Gasteiger partial charge in [0.1, 0.15) is 0 Å². The van der Waals surface area contributed by atoms with Crippen LogP contribution in [-0.4, -0.2) is 39.6 Å². The van der Waals surface area contributed by atoms with Crippen LogP contribution in [0.25, 0.3) is 11.1 Å². The normalized spacial score (nSPS) is 18.6. The number of benzene rings is 1. The first-order valence-corrected chi connectivity index (χ1v) is 8.55. The zero-order chi connectivity index (χ0) is 17.1. The molecule has 1 aromatic carbocycles. The molecule has 2 heterocycles. The van der Waals surface area contributed by atoms with E-state index in [4.69, 9.17) is 0 Å². The van der Waals surface area contributed by atoms with Crippen LogP contribution >= 0.6 is 0 Å². The minimum Gasteiger partial charge on any atom is -0.393 e. The van der Waals surface area contributed by atoms with E-state index in [9.17, 15) is 9.90 Å². The van der Waals surface area contributed by atoms with Gasteiger partial charge in [-0.1, -0.05) is 29.8 Å². The molecule has 0 saturated carbocycles. The highest BCUT2D eigenvalue weighted by Gasteiger charge is 2.30. The second-order valence-corrected chi connectivity index (χ2v) is 6.71. The van der Waals surface area contributed by atoms with Crippen molar-refractivity contribution in [2.75, 3.05) is 6.54 Å². The molecule has 1 aromatic heterocycles. The summed E-state index contributed by atoms with van der Waals surface area (Å²) in [4.78, 5) is 19.1. The van der Waals surface area contributed by atoms with Gasteiger partial charge in [0.05, 0.1) is 11.7 Å². The molecule has 1 N–H and O–H groups in total. The fourth-order valence-electron chi connectivity index (χ4n) is 3.45. The minimum absolute atomic E-state index is 0.0140. The van der Waals surface area contributed by atoms with Gasteiger partial charge in [0.2, 0.25) is 0 Å². The summed E-state index contributed by atoms with van der Waals surface area (Å²) in [6, 6.07) is 10.2. The Morgan fingerprint density at radius 1 is 1.33 bits per heavy atom. The van der Waals surface area contributed by atoms with Gasteiger partial charge in [0.25, 0.3) is 5.91 Å². The van der Waals surface area contributed by atoms with Crippen LogP contribution in [0.15, 0.2) is 42.7 Å². The maximum Gasteiger partial charge on any atom is 0.255 e. The standard InChI is InChI=1S/C20H24N2O2/c1-14-5-3-6-16(9-14)17-11-18(13-21-12-17)20(24)22-8-4-7-19(22)10-15(2)23/h3,5-6,9,11-13,15,19,23H,4,7-8,10H2,1-2H3. The van der Waals surface area contributed by atoms with E-state index in [1.54, 1.807) is 19.3 Å². The van der Waals surface area contributed by atoms with Crippen molar-refractivity contribution >= 4 is 5.91 Å². The Balaban J connectivity index is 1.84. The molecule has 1 fully saturated rings. The first-order chi connectivity index (χ1) is 11.5. The van der Waals surface area contributed by atoms with Crippen molar-refractivity contribution in [1.82, 2.24) is 9.88 Å². The fraction of sp³-hybridized carbons (Fsp3) is 0.400. The van der Waals surface area contributed by atoms with Crippen molar-refractivity contribution in [3.05, 3.63) is 53.9 Å².